The summed E-state index contributed by atoms with van der Waals surface area (Å²) in [6.07, 6.45) is 1.01. The Bertz CT molecular complexity index is 600. The van der Waals surface area contributed by atoms with Crippen LogP contribution in [0.2, 0.25) is 5.15 Å². The second kappa shape index (κ2) is 5.99. The molecule has 0 atom stereocenters. The fourth-order valence-electron chi connectivity index (χ4n) is 1.56. The van der Waals surface area contributed by atoms with Crippen LogP contribution in [0, 0.1) is 10.1 Å². The van der Waals surface area contributed by atoms with E-state index in [9.17, 15) is 10.1 Å². The van der Waals surface area contributed by atoms with Crippen LogP contribution in [0.4, 0.5) is 11.5 Å². The van der Waals surface area contributed by atoms with Gasteiger partial charge in [0.2, 0.25) is 0 Å². The molecular weight excluding hydrogens is 286 g/mol. The van der Waals surface area contributed by atoms with Gasteiger partial charge in [-0.05, 0) is 18.6 Å². The van der Waals surface area contributed by atoms with Crippen molar-refractivity contribution in [1.29, 1.82) is 0 Å². The molecule has 19 heavy (non-hydrogen) atoms. The average Bonchev–Trinajstić information content (AvgIpc) is 2.83. The van der Waals surface area contributed by atoms with Crippen LogP contribution in [-0.4, -0.2) is 9.91 Å². The lowest BCUT2D eigenvalue weighted by Gasteiger charge is -2.04. The highest BCUT2D eigenvalue weighted by Gasteiger charge is 2.10. The molecule has 7 heteroatoms. The molecule has 0 radical (unpaired) electrons. The number of rotatable bonds is 5. The van der Waals surface area contributed by atoms with E-state index in [1.165, 1.54) is 17.0 Å². The third-order valence-electron chi connectivity index (χ3n) is 2.50. The van der Waals surface area contributed by atoms with Crippen molar-refractivity contribution in [3.8, 4) is 0 Å². The van der Waals surface area contributed by atoms with Crippen LogP contribution in [0.15, 0.2) is 24.3 Å². The summed E-state index contributed by atoms with van der Waals surface area (Å²) < 4.78 is 0. The number of hydrogen-bond acceptors (Lipinski definition) is 5. The predicted molar refractivity (Wildman–Crippen MR) is 76.9 cm³/mol. The fraction of sp³-hybridized carbons (Fsp3) is 0.250. The van der Waals surface area contributed by atoms with Gasteiger partial charge in [0.1, 0.15) is 11.0 Å². The molecule has 100 valence electrons. The summed E-state index contributed by atoms with van der Waals surface area (Å²) in [7, 11) is 0. The van der Waals surface area contributed by atoms with Crippen LogP contribution in [0.5, 0.6) is 0 Å². The van der Waals surface area contributed by atoms with Crippen molar-refractivity contribution in [1.82, 2.24) is 4.98 Å². The molecule has 0 aliphatic rings. The summed E-state index contributed by atoms with van der Waals surface area (Å²) in [5.41, 5.74) is -0.0667. The molecule has 1 N–H and O–H groups in total. The summed E-state index contributed by atoms with van der Waals surface area (Å²) in [5.74, 6) is 0.408. The zero-order chi connectivity index (χ0) is 13.8. The number of aromatic nitrogens is 1. The topological polar surface area (TPSA) is 68.1 Å². The number of pyridine rings is 1. The molecule has 0 fully saturated rings. The standard InChI is InChI=1S/C12H12ClN3O2S/c1-2-9-3-4-10(19-9)7-14-12-6-8(16(17)18)5-11(13)15-12/h3-6H,2,7H2,1H3,(H,14,15). The Balaban J connectivity index is 2.08. The van der Waals surface area contributed by atoms with E-state index >= 15 is 0 Å². The number of anilines is 1. The zero-order valence-corrected chi connectivity index (χ0v) is 11.8. The first-order valence-electron chi connectivity index (χ1n) is 5.72. The fourth-order valence-corrected chi connectivity index (χ4v) is 2.66. The van der Waals surface area contributed by atoms with Crippen LogP contribution in [0.1, 0.15) is 16.7 Å². The van der Waals surface area contributed by atoms with Gasteiger partial charge in [-0.15, -0.1) is 11.3 Å². The Labute approximate surface area is 119 Å². The third-order valence-corrected chi connectivity index (χ3v) is 3.92. The summed E-state index contributed by atoms with van der Waals surface area (Å²) in [6, 6.07) is 6.72. The van der Waals surface area contributed by atoms with Crippen LogP contribution < -0.4 is 5.32 Å². The van der Waals surface area contributed by atoms with Gasteiger partial charge >= 0.3 is 0 Å². The van der Waals surface area contributed by atoms with Gasteiger partial charge in [-0.2, -0.15) is 0 Å². The van der Waals surface area contributed by atoms with E-state index in [1.807, 2.05) is 6.07 Å². The van der Waals surface area contributed by atoms with Gasteiger partial charge in [0, 0.05) is 9.75 Å². The highest BCUT2D eigenvalue weighted by atomic mass is 35.5. The lowest BCUT2D eigenvalue weighted by molar-refractivity contribution is -0.384. The van der Waals surface area contributed by atoms with E-state index in [1.54, 1.807) is 11.3 Å². The van der Waals surface area contributed by atoms with E-state index in [0.717, 1.165) is 11.3 Å². The predicted octanol–water partition coefficient (Wildman–Crippen LogP) is 3.88. The van der Waals surface area contributed by atoms with Gasteiger partial charge in [-0.1, -0.05) is 18.5 Å². The number of halogens is 1. The van der Waals surface area contributed by atoms with Crippen molar-refractivity contribution in [3.05, 3.63) is 49.3 Å². The molecule has 0 saturated heterocycles. The number of nitrogens with zero attached hydrogens (tertiary/aromatic N) is 2. The first-order valence-corrected chi connectivity index (χ1v) is 6.91. The third kappa shape index (κ3) is 3.65. The van der Waals surface area contributed by atoms with E-state index in [4.69, 9.17) is 11.6 Å². The van der Waals surface area contributed by atoms with Crippen molar-refractivity contribution >= 4 is 34.4 Å². The summed E-state index contributed by atoms with van der Waals surface area (Å²) >= 11 is 7.46. The van der Waals surface area contributed by atoms with Crippen LogP contribution in [0.25, 0.3) is 0 Å². The maximum Gasteiger partial charge on any atom is 0.276 e. The normalized spacial score (nSPS) is 10.4. The molecule has 0 amide bonds. The lowest BCUT2D eigenvalue weighted by atomic mass is 10.3. The Morgan fingerprint density at radius 2 is 2.16 bits per heavy atom. The second-order valence-corrected chi connectivity index (χ2v) is 5.51. The van der Waals surface area contributed by atoms with Gasteiger partial charge in [-0.25, -0.2) is 4.98 Å². The van der Waals surface area contributed by atoms with Crippen molar-refractivity contribution in [3.63, 3.8) is 0 Å². The summed E-state index contributed by atoms with van der Waals surface area (Å²) in [5, 5.41) is 13.9. The van der Waals surface area contributed by atoms with E-state index < -0.39 is 4.92 Å². The Morgan fingerprint density at radius 3 is 2.79 bits per heavy atom. The van der Waals surface area contributed by atoms with Crippen molar-refractivity contribution in [2.24, 2.45) is 0 Å². The molecule has 0 unspecified atom stereocenters. The van der Waals surface area contributed by atoms with Crippen molar-refractivity contribution in [2.75, 3.05) is 5.32 Å². The van der Waals surface area contributed by atoms with Gasteiger partial charge in [-0.3, -0.25) is 10.1 Å². The van der Waals surface area contributed by atoms with Crippen LogP contribution >= 0.6 is 22.9 Å². The number of nitro groups is 1. The quantitative estimate of drug-likeness (QED) is 0.516. The second-order valence-electron chi connectivity index (χ2n) is 3.87. The number of thiophene rings is 1. The van der Waals surface area contributed by atoms with E-state index in [0.29, 0.717) is 12.4 Å². The first kappa shape index (κ1) is 13.8. The number of aryl methyl sites for hydroxylation is 1. The minimum atomic E-state index is -0.487. The van der Waals surface area contributed by atoms with Gasteiger partial charge in [0.15, 0.2) is 0 Å². The molecule has 5 nitrogen and oxygen atoms in total. The molecule has 2 heterocycles. The van der Waals surface area contributed by atoms with Gasteiger partial charge in [0.05, 0.1) is 23.6 Å². The Morgan fingerprint density at radius 1 is 1.42 bits per heavy atom. The molecule has 0 spiro atoms. The van der Waals surface area contributed by atoms with Crippen LogP contribution in [-0.2, 0) is 13.0 Å². The molecule has 0 aliphatic heterocycles. The molecule has 2 aromatic rings. The molecule has 0 aromatic carbocycles. The minimum absolute atomic E-state index is 0.0667. The maximum atomic E-state index is 10.7. The lowest BCUT2D eigenvalue weighted by Crippen LogP contribution is -2.01. The van der Waals surface area contributed by atoms with Gasteiger partial charge < -0.3 is 5.32 Å². The largest absolute Gasteiger partial charge is 0.365 e. The smallest absolute Gasteiger partial charge is 0.276 e. The Kier molecular flexibility index (Phi) is 4.34. The maximum absolute atomic E-state index is 10.7. The molecule has 2 rings (SSSR count). The summed E-state index contributed by atoms with van der Waals surface area (Å²) in [6.45, 7) is 2.68. The van der Waals surface area contributed by atoms with Gasteiger partial charge in [0.25, 0.3) is 5.69 Å². The van der Waals surface area contributed by atoms with Crippen molar-refractivity contribution < 1.29 is 4.92 Å². The SMILES string of the molecule is CCc1ccc(CNc2cc([N+](=O)[O-])cc(Cl)n2)s1. The number of nitrogens with one attached hydrogen (secondary N) is 1. The average molecular weight is 298 g/mol. The molecule has 0 saturated carbocycles. The molecular formula is C12H12ClN3O2S. The van der Waals surface area contributed by atoms with E-state index in [2.05, 4.69) is 23.3 Å². The molecule has 2 aromatic heterocycles. The summed E-state index contributed by atoms with van der Waals surface area (Å²) in [4.78, 5) is 16.7. The molecule has 0 aliphatic carbocycles. The zero-order valence-electron chi connectivity index (χ0n) is 10.2. The Hall–Kier alpha value is -1.66. The highest BCUT2D eigenvalue weighted by molar-refractivity contribution is 7.12. The highest BCUT2D eigenvalue weighted by Crippen LogP contribution is 2.22. The molecule has 0 bridgehead atoms. The first-order chi connectivity index (χ1) is 9.08. The minimum Gasteiger partial charge on any atom is -0.365 e. The van der Waals surface area contributed by atoms with Crippen LogP contribution in [0.3, 0.4) is 0 Å². The van der Waals surface area contributed by atoms with E-state index in [-0.39, 0.29) is 10.8 Å². The monoisotopic (exact) mass is 297 g/mol. The number of hydrogen-bond donors (Lipinski definition) is 1. The van der Waals surface area contributed by atoms with Crippen molar-refractivity contribution in [2.45, 2.75) is 19.9 Å².